The standard InChI is InChI=1S/C13H17ClN4O2S/c1-9-3-4-18(5-6-21(9,19)20)12-7-11(14)10-8-15-17(2)13(10)16-12/h7-9H,3-6H2,1-2H3. The zero-order valence-corrected chi connectivity index (χ0v) is 13.5. The van der Waals surface area contributed by atoms with Gasteiger partial charge in [-0.1, -0.05) is 11.6 Å². The Morgan fingerprint density at radius 1 is 1.38 bits per heavy atom. The Morgan fingerprint density at radius 3 is 2.90 bits per heavy atom. The van der Waals surface area contributed by atoms with Gasteiger partial charge >= 0.3 is 0 Å². The first-order valence-electron chi connectivity index (χ1n) is 6.83. The maximum atomic E-state index is 12.0. The second kappa shape index (κ2) is 5.14. The van der Waals surface area contributed by atoms with Crippen LogP contribution in [0, 0.1) is 0 Å². The lowest BCUT2D eigenvalue weighted by Gasteiger charge is -2.21. The van der Waals surface area contributed by atoms with E-state index in [9.17, 15) is 8.42 Å². The molecule has 0 aliphatic carbocycles. The van der Waals surface area contributed by atoms with Crippen molar-refractivity contribution in [2.24, 2.45) is 7.05 Å². The highest BCUT2D eigenvalue weighted by atomic mass is 35.5. The Morgan fingerprint density at radius 2 is 2.14 bits per heavy atom. The fourth-order valence-electron chi connectivity index (χ4n) is 2.52. The highest BCUT2D eigenvalue weighted by molar-refractivity contribution is 7.92. The molecule has 114 valence electrons. The topological polar surface area (TPSA) is 68.1 Å². The molecule has 0 amide bonds. The second-order valence-corrected chi connectivity index (χ2v) is 8.37. The molecule has 1 unspecified atom stereocenters. The first kappa shape index (κ1) is 14.6. The third-order valence-electron chi connectivity index (χ3n) is 4.03. The fourth-order valence-corrected chi connectivity index (χ4v) is 4.10. The molecule has 1 fully saturated rings. The summed E-state index contributed by atoms with van der Waals surface area (Å²) in [6.45, 7) is 2.87. The van der Waals surface area contributed by atoms with E-state index >= 15 is 0 Å². The monoisotopic (exact) mass is 328 g/mol. The van der Waals surface area contributed by atoms with Gasteiger partial charge in [-0.3, -0.25) is 4.68 Å². The molecule has 1 atom stereocenters. The average molecular weight is 329 g/mol. The van der Waals surface area contributed by atoms with Crippen molar-refractivity contribution in [1.29, 1.82) is 0 Å². The molecule has 21 heavy (non-hydrogen) atoms. The van der Waals surface area contributed by atoms with Gasteiger partial charge in [0.1, 0.15) is 5.82 Å². The molecule has 0 radical (unpaired) electrons. The zero-order valence-electron chi connectivity index (χ0n) is 12.0. The summed E-state index contributed by atoms with van der Waals surface area (Å²) in [6, 6.07) is 1.79. The Bertz CT molecular complexity index is 787. The summed E-state index contributed by atoms with van der Waals surface area (Å²) in [4.78, 5) is 6.57. The largest absolute Gasteiger partial charge is 0.355 e. The van der Waals surface area contributed by atoms with Crippen LogP contribution in [0.15, 0.2) is 12.3 Å². The molecular weight excluding hydrogens is 312 g/mol. The number of sulfone groups is 1. The lowest BCUT2D eigenvalue weighted by atomic mass is 10.3. The number of rotatable bonds is 1. The van der Waals surface area contributed by atoms with Gasteiger partial charge in [-0.25, -0.2) is 13.4 Å². The molecule has 2 aromatic heterocycles. The SMILES string of the molecule is CC1CCN(c2cc(Cl)c3cnn(C)c3n2)CCS1(=O)=O. The van der Waals surface area contributed by atoms with Crippen molar-refractivity contribution in [3.8, 4) is 0 Å². The van der Waals surface area contributed by atoms with E-state index in [4.69, 9.17) is 11.6 Å². The first-order valence-corrected chi connectivity index (χ1v) is 8.92. The summed E-state index contributed by atoms with van der Waals surface area (Å²) >= 11 is 6.28. The highest BCUT2D eigenvalue weighted by Crippen LogP contribution is 2.27. The molecular formula is C13H17ClN4O2S. The van der Waals surface area contributed by atoms with E-state index in [1.165, 1.54) is 0 Å². The number of hydrogen-bond acceptors (Lipinski definition) is 5. The van der Waals surface area contributed by atoms with Crippen molar-refractivity contribution in [3.05, 3.63) is 17.3 Å². The van der Waals surface area contributed by atoms with Crippen LogP contribution in [-0.2, 0) is 16.9 Å². The minimum Gasteiger partial charge on any atom is -0.355 e. The maximum absolute atomic E-state index is 12.0. The molecule has 3 rings (SSSR count). The number of pyridine rings is 1. The predicted octanol–water partition coefficient (Wildman–Crippen LogP) is 1.64. The van der Waals surface area contributed by atoms with Crippen molar-refractivity contribution >= 4 is 38.3 Å². The highest BCUT2D eigenvalue weighted by Gasteiger charge is 2.27. The van der Waals surface area contributed by atoms with E-state index in [0.29, 0.717) is 36.0 Å². The molecule has 2 aromatic rings. The molecule has 1 aliphatic rings. The molecule has 0 bridgehead atoms. The zero-order chi connectivity index (χ0) is 15.2. The summed E-state index contributed by atoms with van der Waals surface area (Å²) in [5.74, 6) is 0.858. The van der Waals surface area contributed by atoms with Gasteiger partial charge < -0.3 is 4.90 Å². The number of fused-ring (bicyclic) bond motifs is 1. The van der Waals surface area contributed by atoms with Crippen LogP contribution in [0.25, 0.3) is 11.0 Å². The van der Waals surface area contributed by atoms with Crippen LogP contribution in [-0.4, -0.2) is 47.3 Å². The lowest BCUT2D eigenvalue weighted by molar-refractivity contribution is 0.584. The molecule has 3 heterocycles. The first-order chi connectivity index (χ1) is 9.88. The van der Waals surface area contributed by atoms with Crippen LogP contribution >= 0.6 is 11.6 Å². The van der Waals surface area contributed by atoms with Crippen molar-refractivity contribution < 1.29 is 8.42 Å². The Kier molecular flexibility index (Phi) is 3.57. The Balaban J connectivity index is 1.99. The van der Waals surface area contributed by atoms with Gasteiger partial charge in [0.15, 0.2) is 15.5 Å². The van der Waals surface area contributed by atoms with Gasteiger partial charge in [-0.05, 0) is 13.3 Å². The van der Waals surface area contributed by atoms with Crippen LogP contribution in [0.2, 0.25) is 5.02 Å². The van der Waals surface area contributed by atoms with Crippen molar-refractivity contribution in [2.45, 2.75) is 18.6 Å². The second-order valence-electron chi connectivity index (χ2n) is 5.42. The minimum absolute atomic E-state index is 0.150. The number of halogens is 1. The van der Waals surface area contributed by atoms with Crippen molar-refractivity contribution in [1.82, 2.24) is 14.8 Å². The number of aryl methyl sites for hydroxylation is 1. The van der Waals surface area contributed by atoms with Crippen LogP contribution in [0.5, 0.6) is 0 Å². The Hall–Kier alpha value is -1.34. The van der Waals surface area contributed by atoms with Gasteiger partial charge in [-0.15, -0.1) is 0 Å². The summed E-state index contributed by atoms with van der Waals surface area (Å²) in [7, 11) is -1.20. The average Bonchev–Trinajstić information content (AvgIpc) is 2.74. The van der Waals surface area contributed by atoms with Crippen LogP contribution in [0.4, 0.5) is 5.82 Å². The third kappa shape index (κ3) is 2.60. The fraction of sp³-hybridized carbons (Fsp3) is 0.538. The molecule has 1 saturated heterocycles. The number of aromatic nitrogens is 3. The third-order valence-corrected chi connectivity index (χ3v) is 6.56. The summed E-state index contributed by atoms with van der Waals surface area (Å²) in [6.07, 6.45) is 2.29. The Labute approximate surface area is 128 Å². The van der Waals surface area contributed by atoms with Gasteiger partial charge in [0.25, 0.3) is 0 Å². The quantitative estimate of drug-likeness (QED) is 0.796. The van der Waals surface area contributed by atoms with Gasteiger partial charge in [0.2, 0.25) is 0 Å². The van der Waals surface area contributed by atoms with Gasteiger partial charge in [-0.2, -0.15) is 5.10 Å². The molecule has 8 heteroatoms. The van der Waals surface area contributed by atoms with E-state index in [1.54, 1.807) is 23.9 Å². The van der Waals surface area contributed by atoms with E-state index in [0.717, 1.165) is 5.39 Å². The molecule has 1 aliphatic heterocycles. The summed E-state index contributed by atoms with van der Waals surface area (Å²) in [5.41, 5.74) is 0.706. The smallest absolute Gasteiger partial charge is 0.161 e. The van der Waals surface area contributed by atoms with Crippen LogP contribution in [0.3, 0.4) is 0 Å². The summed E-state index contributed by atoms with van der Waals surface area (Å²) in [5, 5.41) is 5.24. The van der Waals surface area contributed by atoms with Crippen molar-refractivity contribution in [3.63, 3.8) is 0 Å². The number of hydrogen-bond donors (Lipinski definition) is 0. The van der Waals surface area contributed by atoms with Crippen molar-refractivity contribution in [2.75, 3.05) is 23.7 Å². The van der Waals surface area contributed by atoms with Gasteiger partial charge in [0.05, 0.1) is 27.6 Å². The summed E-state index contributed by atoms with van der Waals surface area (Å²) < 4.78 is 25.6. The number of nitrogens with zero attached hydrogens (tertiary/aromatic N) is 4. The normalized spacial score (nSPS) is 22.4. The molecule has 6 nitrogen and oxygen atoms in total. The minimum atomic E-state index is -3.01. The predicted molar refractivity (Wildman–Crippen MR) is 83.6 cm³/mol. The number of anilines is 1. The molecule has 0 saturated carbocycles. The van der Waals surface area contributed by atoms with Gasteiger partial charge in [0, 0.05) is 26.2 Å². The van der Waals surface area contributed by atoms with E-state index in [-0.39, 0.29) is 11.0 Å². The van der Waals surface area contributed by atoms with Crippen LogP contribution in [0.1, 0.15) is 13.3 Å². The molecule has 0 spiro atoms. The van der Waals surface area contributed by atoms with E-state index < -0.39 is 9.84 Å². The van der Waals surface area contributed by atoms with Crippen LogP contribution < -0.4 is 4.90 Å². The molecule has 0 N–H and O–H groups in total. The van der Waals surface area contributed by atoms with E-state index in [2.05, 4.69) is 10.1 Å². The lowest BCUT2D eigenvalue weighted by Crippen LogP contribution is -2.27. The molecule has 0 aromatic carbocycles. The maximum Gasteiger partial charge on any atom is 0.161 e. The van der Waals surface area contributed by atoms with E-state index in [1.807, 2.05) is 11.9 Å².